The molecule has 13 heavy (non-hydrogen) atoms. The van der Waals surface area contributed by atoms with Gasteiger partial charge in [-0.05, 0) is 25.7 Å². The molecule has 0 unspecified atom stereocenters. The lowest BCUT2D eigenvalue weighted by Gasteiger charge is -2.34. The Labute approximate surface area is 78.9 Å². The van der Waals surface area contributed by atoms with E-state index in [1.807, 2.05) is 11.9 Å². The summed E-state index contributed by atoms with van der Waals surface area (Å²) in [6.07, 6.45) is 4.21. The summed E-state index contributed by atoms with van der Waals surface area (Å²) < 4.78 is 0. The summed E-state index contributed by atoms with van der Waals surface area (Å²) in [6.45, 7) is 0. The lowest BCUT2D eigenvalue weighted by atomic mass is 9.91. The molecule has 5 nitrogen and oxygen atoms in total. The smallest absolute Gasteiger partial charge is 0.205 e. The Morgan fingerprint density at radius 3 is 2.38 bits per heavy atom. The number of nitrogens with zero attached hydrogens (tertiary/aromatic N) is 1. The quantitative estimate of drug-likeness (QED) is 0.193. The van der Waals surface area contributed by atoms with Gasteiger partial charge in [0.15, 0.2) is 0 Å². The minimum atomic E-state index is 0.278. The van der Waals surface area contributed by atoms with E-state index in [0.29, 0.717) is 12.1 Å². The molecular formula is C8H19N5. The second kappa shape index (κ2) is 4.43. The van der Waals surface area contributed by atoms with Crippen molar-refractivity contribution in [3.8, 4) is 0 Å². The third-order valence-electron chi connectivity index (χ3n) is 2.78. The molecular weight excluding hydrogens is 166 g/mol. The molecule has 1 aliphatic carbocycles. The monoisotopic (exact) mass is 185 g/mol. The van der Waals surface area contributed by atoms with Gasteiger partial charge in [-0.3, -0.25) is 10.8 Å². The number of nitrogens with two attached hydrogens (primary N) is 2. The van der Waals surface area contributed by atoms with Gasteiger partial charge in [-0.15, -0.1) is 0 Å². The van der Waals surface area contributed by atoms with Gasteiger partial charge in [0.1, 0.15) is 0 Å². The molecule has 76 valence electrons. The Kier molecular flexibility index (Phi) is 3.50. The predicted molar refractivity (Wildman–Crippen MR) is 53.0 cm³/mol. The third-order valence-corrected chi connectivity index (χ3v) is 2.78. The van der Waals surface area contributed by atoms with E-state index >= 15 is 0 Å². The van der Waals surface area contributed by atoms with E-state index in [9.17, 15) is 0 Å². The Bertz CT molecular complexity index is 173. The number of hydrogen-bond acceptors (Lipinski definition) is 3. The Hall–Kier alpha value is -0.810. The van der Waals surface area contributed by atoms with Gasteiger partial charge >= 0.3 is 0 Å². The van der Waals surface area contributed by atoms with Crippen molar-refractivity contribution in [3.63, 3.8) is 0 Å². The third kappa shape index (κ3) is 2.57. The average Bonchev–Trinajstić information content (AvgIpc) is 2.17. The van der Waals surface area contributed by atoms with Crippen LogP contribution in [-0.4, -0.2) is 30.0 Å². The van der Waals surface area contributed by atoms with Crippen molar-refractivity contribution in [1.29, 1.82) is 5.41 Å². The first kappa shape index (κ1) is 10.3. The van der Waals surface area contributed by atoms with Crippen LogP contribution in [0.25, 0.3) is 0 Å². The fraction of sp³-hybridized carbons (Fsp3) is 0.875. The van der Waals surface area contributed by atoms with Crippen LogP contribution in [0.1, 0.15) is 25.7 Å². The van der Waals surface area contributed by atoms with Gasteiger partial charge in [-0.2, -0.15) is 0 Å². The van der Waals surface area contributed by atoms with E-state index in [0.717, 1.165) is 25.7 Å². The predicted octanol–water partition coefficient (Wildman–Crippen LogP) is -0.414. The summed E-state index contributed by atoms with van der Waals surface area (Å²) in [5, 5.41) is 7.49. The molecule has 0 spiro atoms. The van der Waals surface area contributed by atoms with E-state index < -0.39 is 0 Å². The minimum absolute atomic E-state index is 0.278. The average molecular weight is 185 g/mol. The molecule has 1 fully saturated rings. The SMILES string of the molecule is CN(C(=N)NN)[C@H]1CC[C@H](N)CC1. The van der Waals surface area contributed by atoms with E-state index in [1.165, 1.54) is 0 Å². The maximum atomic E-state index is 7.49. The number of nitrogens with one attached hydrogen (secondary N) is 2. The van der Waals surface area contributed by atoms with Gasteiger partial charge in [-0.25, -0.2) is 5.84 Å². The number of hydrazine groups is 1. The molecule has 0 bridgehead atoms. The van der Waals surface area contributed by atoms with Crippen LogP contribution in [0.5, 0.6) is 0 Å². The first-order valence-corrected chi connectivity index (χ1v) is 4.68. The fourth-order valence-electron chi connectivity index (χ4n) is 1.77. The maximum Gasteiger partial charge on any atom is 0.205 e. The van der Waals surface area contributed by atoms with Crippen LogP contribution in [0.3, 0.4) is 0 Å². The first-order valence-electron chi connectivity index (χ1n) is 4.68. The lowest BCUT2D eigenvalue weighted by Crippen LogP contribution is -2.48. The van der Waals surface area contributed by atoms with Crippen molar-refractivity contribution in [2.24, 2.45) is 11.6 Å². The Balaban J connectivity index is 2.39. The Morgan fingerprint density at radius 1 is 1.38 bits per heavy atom. The van der Waals surface area contributed by atoms with E-state index in [2.05, 4.69) is 5.43 Å². The highest BCUT2D eigenvalue weighted by molar-refractivity contribution is 5.75. The highest BCUT2D eigenvalue weighted by atomic mass is 15.4. The molecule has 0 heterocycles. The van der Waals surface area contributed by atoms with Gasteiger partial charge in [0.2, 0.25) is 5.96 Å². The molecule has 0 amide bonds. The standard InChI is InChI=1S/C8H19N5/c1-13(8(10)12-11)7-4-2-6(9)3-5-7/h6-7H,2-5,9,11H2,1H3,(H2,10,12)/t6-,7-. The topological polar surface area (TPSA) is 91.2 Å². The van der Waals surface area contributed by atoms with Crippen molar-refractivity contribution in [1.82, 2.24) is 10.3 Å². The summed E-state index contributed by atoms with van der Waals surface area (Å²) in [6, 6.07) is 0.771. The number of hydrogen-bond donors (Lipinski definition) is 4. The summed E-state index contributed by atoms with van der Waals surface area (Å²) in [7, 11) is 1.89. The summed E-state index contributed by atoms with van der Waals surface area (Å²) in [5.74, 6) is 5.44. The highest BCUT2D eigenvalue weighted by Crippen LogP contribution is 2.20. The van der Waals surface area contributed by atoms with Crippen LogP contribution in [0, 0.1) is 5.41 Å². The van der Waals surface area contributed by atoms with Crippen molar-refractivity contribution in [2.45, 2.75) is 37.8 Å². The summed E-state index contributed by atoms with van der Waals surface area (Å²) >= 11 is 0. The largest absolute Gasteiger partial charge is 0.342 e. The van der Waals surface area contributed by atoms with Crippen LogP contribution >= 0.6 is 0 Å². The second-order valence-corrected chi connectivity index (χ2v) is 3.67. The second-order valence-electron chi connectivity index (χ2n) is 3.67. The molecule has 5 heteroatoms. The molecule has 0 aliphatic heterocycles. The number of rotatable bonds is 1. The van der Waals surface area contributed by atoms with Crippen LogP contribution < -0.4 is 17.0 Å². The number of guanidine groups is 1. The van der Waals surface area contributed by atoms with E-state index in [4.69, 9.17) is 17.0 Å². The maximum absolute atomic E-state index is 7.49. The zero-order valence-corrected chi connectivity index (χ0v) is 8.09. The zero-order chi connectivity index (χ0) is 9.84. The highest BCUT2D eigenvalue weighted by Gasteiger charge is 2.22. The van der Waals surface area contributed by atoms with Gasteiger partial charge in [0.25, 0.3) is 0 Å². The zero-order valence-electron chi connectivity index (χ0n) is 8.09. The Morgan fingerprint density at radius 2 is 1.92 bits per heavy atom. The summed E-state index contributed by atoms with van der Waals surface area (Å²) in [4.78, 5) is 1.88. The molecule has 0 aromatic carbocycles. The van der Waals surface area contributed by atoms with Crippen LogP contribution in [0.4, 0.5) is 0 Å². The van der Waals surface area contributed by atoms with Crippen LogP contribution in [0.2, 0.25) is 0 Å². The van der Waals surface area contributed by atoms with Gasteiger partial charge in [0.05, 0.1) is 0 Å². The molecule has 0 atom stereocenters. The summed E-state index contributed by atoms with van der Waals surface area (Å²) in [5.41, 5.74) is 8.14. The lowest BCUT2D eigenvalue weighted by molar-refractivity contribution is 0.255. The van der Waals surface area contributed by atoms with Gasteiger partial charge < -0.3 is 10.6 Å². The fourth-order valence-corrected chi connectivity index (χ4v) is 1.77. The van der Waals surface area contributed by atoms with Crippen LogP contribution in [-0.2, 0) is 0 Å². The van der Waals surface area contributed by atoms with Crippen molar-refractivity contribution in [3.05, 3.63) is 0 Å². The minimum Gasteiger partial charge on any atom is -0.342 e. The molecule has 6 N–H and O–H groups in total. The van der Waals surface area contributed by atoms with Gasteiger partial charge in [-0.1, -0.05) is 0 Å². The van der Waals surface area contributed by atoms with Crippen LogP contribution in [0.15, 0.2) is 0 Å². The van der Waals surface area contributed by atoms with Crippen molar-refractivity contribution < 1.29 is 0 Å². The molecule has 0 aromatic heterocycles. The van der Waals surface area contributed by atoms with Crippen molar-refractivity contribution >= 4 is 5.96 Å². The van der Waals surface area contributed by atoms with Crippen molar-refractivity contribution in [2.75, 3.05) is 7.05 Å². The molecule has 1 saturated carbocycles. The molecule has 0 aromatic rings. The van der Waals surface area contributed by atoms with E-state index in [1.54, 1.807) is 0 Å². The molecule has 0 saturated heterocycles. The van der Waals surface area contributed by atoms with E-state index in [-0.39, 0.29) is 5.96 Å². The normalized spacial score (nSPS) is 28.2. The molecule has 0 radical (unpaired) electrons. The van der Waals surface area contributed by atoms with Gasteiger partial charge in [0, 0.05) is 19.1 Å². The molecule has 1 aliphatic rings. The first-order chi connectivity index (χ1) is 6.15. The molecule has 1 rings (SSSR count).